The van der Waals surface area contributed by atoms with E-state index in [0.29, 0.717) is 5.92 Å². The first-order valence-corrected chi connectivity index (χ1v) is 13.5. The van der Waals surface area contributed by atoms with E-state index in [-0.39, 0.29) is 11.8 Å². The highest BCUT2D eigenvalue weighted by atomic mass is 16.1. The van der Waals surface area contributed by atoms with Gasteiger partial charge in [-0.2, -0.15) is 0 Å². The summed E-state index contributed by atoms with van der Waals surface area (Å²) in [6, 6.07) is 17.6. The fourth-order valence-corrected chi connectivity index (χ4v) is 5.17. The first-order valence-electron chi connectivity index (χ1n) is 13.5. The van der Waals surface area contributed by atoms with E-state index in [1.807, 2.05) is 0 Å². The summed E-state index contributed by atoms with van der Waals surface area (Å²) in [4.78, 5) is 17.3. The lowest BCUT2D eigenvalue weighted by atomic mass is 9.89. The number of carbonyl (C=O) groups excluding carboxylic acids is 1. The molecular weight excluding hydrogens is 418 g/mol. The average molecular weight is 460 g/mol. The van der Waals surface area contributed by atoms with Crippen molar-refractivity contribution in [3.8, 4) is 0 Å². The first-order chi connectivity index (χ1) is 16.7. The highest BCUT2D eigenvalue weighted by molar-refractivity contribution is 5.78. The number of nitrogens with zero attached hydrogens (tertiary/aromatic N) is 2. The zero-order chi connectivity index (χ0) is 23.8. The Labute approximate surface area is 205 Å². The number of aromatic nitrogens is 2. The Morgan fingerprint density at radius 1 is 1.03 bits per heavy atom. The number of hydrogen-bond donors (Lipinski definition) is 1. The van der Waals surface area contributed by atoms with Crippen molar-refractivity contribution < 1.29 is 4.79 Å². The molecule has 1 heterocycles. The van der Waals surface area contributed by atoms with E-state index in [1.54, 1.807) is 0 Å². The molecule has 4 nitrogen and oxygen atoms in total. The molecule has 1 aromatic heterocycles. The van der Waals surface area contributed by atoms with Gasteiger partial charge in [0, 0.05) is 25.4 Å². The molecule has 0 radical (unpaired) electrons. The molecule has 1 saturated carbocycles. The number of nitrogens with one attached hydrogen (secondary N) is 1. The third kappa shape index (κ3) is 6.28. The van der Waals surface area contributed by atoms with E-state index in [0.717, 1.165) is 57.1 Å². The number of para-hydroxylation sites is 2. The average Bonchev–Trinajstić information content (AvgIpc) is 3.23. The SMILES string of the molecule is CCC(C)c1ccc(Cn2c(CCCCCNC(=O)C3CCCCC3)nc3ccccc32)cc1. The fourth-order valence-electron chi connectivity index (χ4n) is 5.17. The van der Waals surface area contributed by atoms with Gasteiger partial charge in [0.1, 0.15) is 5.82 Å². The zero-order valence-corrected chi connectivity index (χ0v) is 21.1. The second-order valence-corrected chi connectivity index (χ2v) is 10.1. The van der Waals surface area contributed by atoms with E-state index in [4.69, 9.17) is 4.98 Å². The Morgan fingerprint density at radius 2 is 1.79 bits per heavy atom. The second-order valence-electron chi connectivity index (χ2n) is 10.1. The van der Waals surface area contributed by atoms with Gasteiger partial charge in [0.2, 0.25) is 5.91 Å². The highest BCUT2D eigenvalue weighted by Gasteiger charge is 2.20. The second kappa shape index (κ2) is 12.2. The monoisotopic (exact) mass is 459 g/mol. The predicted octanol–water partition coefficient (Wildman–Crippen LogP) is 7.01. The van der Waals surface area contributed by atoms with Gasteiger partial charge in [0.25, 0.3) is 0 Å². The number of amides is 1. The van der Waals surface area contributed by atoms with Crippen LogP contribution in [0.5, 0.6) is 0 Å². The van der Waals surface area contributed by atoms with E-state index in [2.05, 4.69) is 72.3 Å². The van der Waals surface area contributed by atoms with Crippen molar-refractivity contribution in [1.82, 2.24) is 14.9 Å². The largest absolute Gasteiger partial charge is 0.356 e. The van der Waals surface area contributed by atoms with Gasteiger partial charge in [-0.05, 0) is 61.3 Å². The fraction of sp³-hybridized carbons (Fsp3) is 0.533. The minimum atomic E-state index is 0.257. The van der Waals surface area contributed by atoms with Crippen molar-refractivity contribution in [2.24, 2.45) is 5.92 Å². The van der Waals surface area contributed by atoms with Crippen LogP contribution in [-0.2, 0) is 17.8 Å². The number of imidazole rings is 1. The molecule has 4 rings (SSSR count). The van der Waals surface area contributed by atoms with Gasteiger partial charge in [0.15, 0.2) is 0 Å². The molecule has 1 atom stereocenters. The molecule has 0 bridgehead atoms. The summed E-state index contributed by atoms with van der Waals surface area (Å²) in [6.07, 6.45) is 11.2. The van der Waals surface area contributed by atoms with E-state index in [1.165, 1.54) is 48.2 Å². The van der Waals surface area contributed by atoms with Crippen LogP contribution in [-0.4, -0.2) is 22.0 Å². The molecule has 3 aromatic rings. The lowest BCUT2D eigenvalue weighted by Crippen LogP contribution is -2.32. The van der Waals surface area contributed by atoms with Gasteiger partial charge in [-0.25, -0.2) is 4.98 Å². The van der Waals surface area contributed by atoms with Gasteiger partial charge in [-0.1, -0.05) is 75.9 Å². The maximum atomic E-state index is 12.3. The van der Waals surface area contributed by atoms with Gasteiger partial charge < -0.3 is 9.88 Å². The Morgan fingerprint density at radius 3 is 2.56 bits per heavy atom. The number of hydrogen-bond acceptors (Lipinski definition) is 2. The van der Waals surface area contributed by atoms with Crippen molar-refractivity contribution >= 4 is 16.9 Å². The summed E-state index contributed by atoms with van der Waals surface area (Å²) in [7, 11) is 0. The van der Waals surface area contributed by atoms with Crippen molar-refractivity contribution in [1.29, 1.82) is 0 Å². The lowest BCUT2D eigenvalue weighted by Gasteiger charge is -2.20. The number of fused-ring (bicyclic) bond motifs is 1. The molecule has 1 amide bonds. The van der Waals surface area contributed by atoms with Gasteiger partial charge in [-0.3, -0.25) is 4.79 Å². The van der Waals surface area contributed by atoms with E-state index in [9.17, 15) is 4.79 Å². The molecule has 1 fully saturated rings. The number of unbranched alkanes of at least 4 members (excludes halogenated alkanes) is 2. The predicted molar refractivity (Wildman–Crippen MR) is 141 cm³/mol. The van der Waals surface area contributed by atoms with Crippen LogP contribution in [0.1, 0.15) is 94.5 Å². The number of carbonyl (C=O) groups is 1. The van der Waals surface area contributed by atoms with Crippen LogP contribution >= 0.6 is 0 Å². The smallest absolute Gasteiger partial charge is 0.223 e. The molecule has 1 unspecified atom stereocenters. The normalized spacial score (nSPS) is 15.5. The molecule has 1 aliphatic rings. The van der Waals surface area contributed by atoms with E-state index >= 15 is 0 Å². The summed E-state index contributed by atoms with van der Waals surface area (Å²) in [6.45, 7) is 6.19. The quantitative estimate of drug-likeness (QED) is 0.314. The molecule has 0 spiro atoms. The summed E-state index contributed by atoms with van der Waals surface area (Å²) < 4.78 is 2.39. The van der Waals surface area contributed by atoms with Crippen molar-refractivity contribution in [2.45, 2.75) is 90.5 Å². The Bertz CT molecular complexity index is 1050. The maximum Gasteiger partial charge on any atom is 0.223 e. The van der Waals surface area contributed by atoms with E-state index < -0.39 is 0 Å². The van der Waals surface area contributed by atoms with Gasteiger partial charge in [0.05, 0.1) is 11.0 Å². The molecule has 2 aromatic carbocycles. The standard InChI is InChI=1S/C30H41N3O/c1-3-23(2)25-19-17-24(18-20-25)22-33-28-15-10-9-14-27(28)32-29(33)16-8-5-11-21-31-30(34)26-12-6-4-7-13-26/h9-10,14-15,17-20,23,26H,3-8,11-13,16,21-22H2,1-2H3,(H,31,34). The van der Waals surface area contributed by atoms with Crippen LogP contribution in [0.25, 0.3) is 11.0 Å². The highest BCUT2D eigenvalue weighted by Crippen LogP contribution is 2.24. The molecular formula is C30H41N3O. The lowest BCUT2D eigenvalue weighted by molar-refractivity contribution is -0.125. The van der Waals surface area contributed by atoms with Crippen molar-refractivity contribution in [3.05, 3.63) is 65.5 Å². The Hall–Kier alpha value is -2.62. The maximum absolute atomic E-state index is 12.3. The molecule has 4 heteroatoms. The Balaban J connectivity index is 1.31. The molecule has 0 saturated heterocycles. The number of aryl methyl sites for hydroxylation is 1. The molecule has 34 heavy (non-hydrogen) atoms. The number of rotatable bonds is 11. The Kier molecular flexibility index (Phi) is 8.79. The van der Waals surface area contributed by atoms with Crippen LogP contribution in [0.4, 0.5) is 0 Å². The zero-order valence-electron chi connectivity index (χ0n) is 21.1. The summed E-state index contributed by atoms with van der Waals surface area (Å²) in [5, 5.41) is 3.17. The summed E-state index contributed by atoms with van der Waals surface area (Å²) in [5.74, 6) is 2.30. The summed E-state index contributed by atoms with van der Waals surface area (Å²) >= 11 is 0. The first kappa shape index (κ1) is 24.5. The molecule has 0 aliphatic heterocycles. The van der Waals surface area contributed by atoms with Gasteiger partial charge >= 0.3 is 0 Å². The molecule has 1 N–H and O–H groups in total. The van der Waals surface area contributed by atoms with Crippen LogP contribution in [0.3, 0.4) is 0 Å². The topological polar surface area (TPSA) is 46.9 Å². The molecule has 182 valence electrons. The molecule has 1 aliphatic carbocycles. The van der Waals surface area contributed by atoms with Crippen molar-refractivity contribution in [3.63, 3.8) is 0 Å². The van der Waals surface area contributed by atoms with Crippen molar-refractivity contribution in [2.75, 3.05) is 6.54 Å². The third-order valence-corrected chi connectivity index (χ3v) is 7.59. The van der Waals surface area contributed by atoms with Crippen LogP contribution < -0.4 is 5.32 Å². The van der Waals surface area contributed by atoms with Gasteiger partial charge in [-0.15, -0.1) is 0 Å². The van der Waals surface area contributed by atoms with Crippen LogP contribution in [0, 0.1) is 5.92 Å². The van der Waals surface area contributed by atoms with Crippen LogP contribution in [0.2, 0.25) is 0 Å². The van der Waals surface area contributed by atoms with Crippen LogP contribution in [0.15, 0.2) is 48.5 Å². The minimum absolute atomic E-state index is 0.257. The minimum Gasteiger partial charge on any atom is -0.356 e. The number of benzene rings is 2. The third-order valence-electron chi connectivity index (χ3n) is 7.59. The summed E-state index contributed by atoms with van der Waals surface area (Å²) in [5.41, 5.74) is 5.02.